The van der Waals surface area contributed by atoms with Gasteiger partial charge in [-0.05, 0) is 42.2 Å². The van der Waals surface area contributed by atoms with Gasteiger partial charge in [-0.3, -0.25) is 4.79 Å². The highest BCUT2D eigenvalue weighted by atomic mass is 19.1. The van der Waals surface area contributed by atoms with Crippen molar-refractivity contribution in [3.63, 3.8) is 0 Å². The first kappa shape index (κ1) is 14.6. The lowest BCUT2D eigenvalue weighted by atomic mass is 10.0. The second-order valence-electron chi connectivity index (χ2n) is 5.52. The normalized spacial score (nSPS) is 16.5. The van der Waals surface area contributed by atoms with Gasteiger partial charge in [0, 0.05) is 6.42 Å². The van der Waals surface area contributed by atoms with E-state index in [1.54, 1.807) is 6.07 Å². The number of ether oxygens (including phenoxy) is 1. The summed E-state index contributed by atoms with van der Waals surface area (Å²) in [6.07, 6.45) is 1.66. The Kier molecular flexibility index (Phi) is 4.37. The molecule has 4 heteroatoms. The average molecular weight is 299 g/mol. The van der Waals surface area contributed by atoms with Crippen LogP contribution >= 0.6 is 0 Å². The summed E-state index contributed by atoms with van der Waals surface area (Å²) in [5.74, 6) is 0.597. The van der Waals surface area contributed by atoms with Crippen LogP contribution in [0.1, 0.15) is 17.5 Å². The van der Waals surface area contributed by atoms with Gasteiger partial charge in [-0.1, -0.05) is 30.3 Å². The van der Waals surface area contributed by atoms with E-state index in [1.807, 2.05) is 30.3 Å². The smallest absolute Gasteiger partial charge is 0.220 e. The summed E-state index contributed by atoms with van der Waals surface area (Å²) < 4.78 is 18.7. The third kappa shape index (κ3) is 3.64. The van der Waals surface area contributed by atoms with Crippen LogP contribution in [0, 0.1) is 5.82 Å². The van der Waals surface area contributed by atoms with Crippen LogP contribution in [0.2, 0.25) is 0 Å². The molecule has 2 aromatic carbocycles. The van der Waals surface area contributed by atoms with E-state index in [1.165, 1.54) is 12.1 Å². The van der Waals surface area contributed by atoms with Crippen LogP contribution < -0.4 is 10.1 Å². The van der Waals surface area contributed by atoms with Crippen LogP contribution in [0.4, 0.5) is 4.39 Å². The van der Waals surface area contributed by atoms with Gasteiger partial charge >= 0.3 is 0 Å². The highest BCUT2D eigenvalue weighted by Crippen LogP contribution is 2.23. The first-order chi connectivity index (χ1) is 10.7. The number of amides is 1. The maximum Gasteiger partial charge on any atom is 0.220 e. The van der Waals surface area contributed by atoms with Gasteiger partial charge in [-0.2, -0.15) is 0 Å². The van der Waals surface area contributed by atoms with Gasteiger partial charge < -0.3 is 10.1 Å². The largest absolute Gasteiger partial charge is 0.491 e. The number of carbonyl (C=O) groups excluding carboxylic acids is 1. The minimum Gasteiger partial charge on any atom is -0.491 e. The third-order valence-electron chi connectivity index (χ3n) is 3.77. The van der Waals surface area contributed by atoms with Crippen molar-refractivity contribution < 1.29 is 13.9 Å². The Bertz CT molecular complexity index is 672. The zero-order chi connectivity index (χ0) is 15.4. The zero-order valence-corrected chi connectivity index (χ0v) is 12.2. The molecule has 1 heterocycles. The van der Waals surface area contributed by atoms with Crippen LogP contribution in [0.5, 0.6) is 5.75 Å². The van der Waals surface area contributed by atoms with E-state index in [-0.39, 0.29) is 17.8 Å². The van der Waals surface area contributed by atoms with E-state index in [4.69, 9.17) is 4.74 Å². The second kappa shape index (κ2) is 6.60. The maximum absolute atomic E-state index is 13.1. The van der Waals surface area contributed by atoms with Gasteiger partial charge in [0.2, 0.25) is 5.91 Å². The van der Waals surface area contributed by atoms with Gasteiger partial charge in [-0.25, -0.2) is 4.39 Å². The molecule has 0 bridgehead atoms. The van der Waals surface area contributed by atoms with Crippen LogP contribution in [-0.2, 0) is 17.6 Å². The Morgan fingerprint density at radius 1 is 1.23 bits per heavy atom. The number of fused-ring (bicyclic) bond motifs is 1. The summed E-state index contributed by atoms with van der Waals surface area (Å²) >= 11 is 0. The minimum atomic E-state index is -0.268. The van der Waals surface area contributed by atoms with Crippen molar-refractivity contribution in [1.29, 1.82) is 0 Å². The predicted octanol–water partition coefficient (Wildman–Crippen LogP) is 2.88. The van der Waals surface area contributed by atoms with E-state index in [0.29, 0.717) is 19.4 Å². The highest BCUT2D eigenvalue weighted by molar-refractivity contribution is 5.76. The lowest BCUT2D eigenvalue weighted by molar-refractivity contribution is -0.122. The molecule has 1 unspecified atom stereocenters. The van der Waals surface area contributed by atoms with E-state index in [9.17, 15) is 9.18 Å². The molecule has 0 saturated heterocycles. The summed E-state index contributed by atoms with van der Waals surface area (Å²) in [4.78, 5) is 12.0. The topological polar surface area (TPSA) is 38.3 Å². The summed E-state index contributed by atoms with van der Waals surface area (Å²) in [5, 5.41) is 2.99. The predicted molar refractivity (Wildman–Crippen MR) is 82.3 cm³/mol. The molecule has 1 amide bonds. The lowest BCUT2D eigenvalue weighted by Crippen LogP contribution is -2.42. The zero-order valence-electron chi connectivity index (χ0n) is 12.2. The van der Waals surface area contributed by atoms with Crippen molar-refractivity contribution in [1.82, 2.24) is 5.32 Å². The van der Waals surface area contributed by atoms with Crippen molar-refractivity contribution >= 4 is 5.91 Å². The number of halogens is 1. The molecular weight excluding hydrogens is 281 g/mol. The van der Waals surface area contributed by atoms with Gasteiger partial charge in [-0.15, -0.1) is 0 Å². The minimum absolute atomic E-state index is 0.00471. The summed E-state index contributed by atoms with van der Waals surface area (Å²) in [6, 6.07) is 14.2. The van der Waals surface area contributed by atoms with Gasteiger partial charge in [0.05, 0.1) is 6.04 Å². The highest BCUT2D eigenvalue weighted by Gasteiger charge is 2.20. The molecule has 22 heavy (non-hydrogen) atoms. The number of hydrogen-bond acceptors (Lipinski definition) is 2. The molecule has 1 aliphatic heterocycles. The lowest BCUT2D eigenvalue weighted by Gasteiger charge is -2.26. The van der Waals surface area contributed by atoms with Crippen molar-refractivity contribution in [2.45, 2.75) is 25.3 Å². The SMILES string of the molecule is O=C(CCc1cccc(F)c1)NC1COc2ccccc2C1. The molecule has 1 atom stereocenters. The standard InChI is InChI=1S/C18H18FNO2/c19-15-6-3-4-13(10-15)8-9-18(21)20-16-11-14-5-1-2-7-17(14)22-12-16/h1-7,10,16H,8-9,11-12H2,(H,20,21). The fourth-order valence-corrected chi connectivity index (χ4v) is 2.67. The number of para-hydroxylation sites is 1. The summed E-state index contributed by atoms with van der Waals surface area (Å²) in [6.45, 7) is 0.489. The molecule has 0 aromatic heterocycles. The number of nitrogens with one attached hydrogen (secondary N) is 1. The number of aryl methyl sites for hydroxylation is 1. The molecule has 1 aliphatic rings. The molecule has 0 radical (unpaired) electrons. The Morgan fingerprint density at radius 3 is 2.95 bits per heavy atom. The first-order valence-electron chi connectivity index (χ1n) is 7.45. The Morgan fingerprint density at radius 2 is 2.09 bits per heavy atom. The van der Waals surface area contributed by atoms with Gasteiger partial charge in [0.1, 0.15) is 18.2 Å². The number of rotatable bonds is 4. The fraction of sp³-hybridized carbons (Fsp3) is 0.278. The molecule has 114 valence electrons. The van der Waals surface area contributed by atoms with E-state index in [2.05, 4.69) is 5.32 Å². The van der Waals surface area contributed by atoms with Crippen molar-refractivity contribution in [2.24, 2.45) is 0 Å². The molecule has 3 nitrogen and oxygen atoms in total. The Labute approximate surface area is 129 Å². The van der Waals surface area contributed by atoms with Crippen molar-refractivity contribution in [2.75, 3.05) is 6.61 Å². The van der Waals surface area contributed by atoms with Crippen LogP contribution in [-0.4, -0.2) is 18.6 Å². The molecule has 0 fully saturated rings. The number of hydrogen-bond donors (Lipinski definition) is 1. The quantitative estimate of drug-likeness (QED) is 0.942. The molecule has 0 spiro atoms. The van der Waals surface area contributed by atoms with Crippen LogP contribution in [0.15, 0.2) is 48.5 Å². The van der Waals surface area contributed by atoms with Crippen LogP contribution in [0.25, 0.3) is 0 Å². The van der Waals surface area contributed by atoms with E-state index < -0.39 is 0 Å². The van der Waals surface area contributed by atoms with E-state index in [0.717, 1.165) is 23.3 Å². The van der Waals surface area contributed by atoms with Crippen LogP contribution in [0.3, 0.4) is 0 Å². The number of carbonyl (C=O) groups is 1. The average Bonchev–Trinajstić information content (AvgIpc) is 2.53. The molecule has 2 aromatic rings. The Balaban J connectivity index is 1.50. The van der Waals surface area contributed by atoms with E-state index >= 15 is 0 Å². The molecular formula is C18H18FNO2. The third-order valence-corrected chi connectivity index (χ3v) is 3.77. The molecule has 0 aliphatic carbocycles. The summed E-state index contributed by atoms with van der Waals surface area (Å²) in [7, 11) is 0. The Hall–Kier alpha value is -2.36. The fourth-order valence-electron chi connectivity index (χ4n) is 2.67. The molecule has 1 N–H and O–H groups in total. The van der Waals surface area contributed by atoms with Crippen molar-refractivity contribution in [3.05, 3.63) is 65.5 Å². The van der Waals surface area contributed by atoms with Gasteiger partial charge in [0.15, 0.2) is 0 Å². The van der Waals surface area contributed by atoms with Gasteiger partial charge in [0.25, 0.3) is 0 Å². The molecule has 0 saturated carbocycles. The maximum atomic E-state index is 13.1. The second-order valence-corrected chi connectivity index (χ2v) is 5.52. The first-order valence-corrected chi connectivity index (χ1v) is 7.45. The van der Waals surface area contributed by atoms with Crippen molar-refractivity contribution in [3.8, 4) is 5.75 Å². The molecule has 3 rings (SSSR count). The number of benzene rings is 2. The monoisotopic (exact) mass is 299 g/mol. The summed E-state index contributed by atoms with van der Waals surface area (Å²) in [5.41, 5.74) is 1.95.